The van der Waals surface area contributed by atoms with E-state index in [-0.39, 0.29) is 11.8 Å². The molecule has 0 amide bonds. The summed E-state index contributed by atoms with van der Waals surface area (Å²) in [6.07, 6.45) is 4.73. The van der Waals surface area contributed by atoms with Crippen molar-refractivity contribution in [1.29, 1.82) is 0 Å². The van der Waals surface area contributed by atoms with Gasteiger partial charge in [0.1, 0.15) is 0 Å². The van der Waals surface area contributed by atoms with Gasteiger partial charge in [-0.2, -0.15) is 0 Å². The first-order valence-electron chi connectivity index (χ1n) is 4.50. The van der Waals surface area contributed by atoms with Gasteiger partial charge in [-0.1, -0.05) is 19.4 Å². The highest BCUT2D eigenvalue weighted by Crippen LogP contribution is 2.34. The van der Waals surface area contributed by atoms with Crippen LogP contribution >= 0.6 is 0 Å². The lowest BCUT2D eigenvalue weighted by atomic mass is 9.75. The zero-order valence-electron chi connectivity index (χ0n) is 7.49. The number of carbonyl (C=O) groups is 1. The minimum atomic E-state index is -0.661. The van der Waals surface area contributed by atoms with Crippen LogP contribution in [0, 0.1) is 17.8 Å². The van der Waals surface area contributed by atoms with Crippen molar-refractivity contribution >= 4 is 5.97 Å². The van der Waals surface area contributed by atoms with Crippen LogP contribution in [0.2, 0.25) is 0 Å². The lowest BCUT2D eigenvalue weighted by Gasteiger charge is -2.29. The standard InChI is InChI=1S/C10H16O2/c1-3-8-5-4-7(2)6-9(8)10(11)12/h3,7-9H,1,4-6H2,2H3,(H,11,12). The van der Waals surface area contributed by atoms with Gasteiger partial charge in [-0.25, -0.2) is 0 Å². The largest absolute Gasteiger partial charge is 0.481 e. The molecule has 0 aromatic heterocycles. The molecule has 2 heteroatoms. The summed E-state index contributed by atoms with van der Waals surface area (Å²) in [7, 11) is 0. The fourth-order valence-corrected chi connectivity index (χ4v) is 1.97. The van der Waals surface area contributed by atoms with Crippen molar-refractivity contribution in [2.45, 2.75) is 26.2 Å². The second kappa shape index (κ2) is 3.74. The molecule has 0 spiro atoms. The molecule has 0 saturated heterocycles. The molecule has 0 heterocycles. The summed E-state index contributed by atoms with van der Waals surface area (Å²) >= 11 is 0. The van der Waals surface area contributed by atoms with E-state index in [9.17, 15) is 4.79 Å². The quantitative estimate of drug-likeness (QED) is 0.642. The van der Waals surface area contributed by atoms with Crippen LogP contribution in [-0.4, -0.2) is 11.1 Å². The molecule has 3 atom stereocenters. The predicted octanol–water partition coefficient (Wildman–Crippen LogP) is 2.31. The maximum Gasteiger partial charge on any atom is 0.307 e. The molecule has 1 rings (SSSR count). The molecule has 68 valence electrons. The monoisotopic (exact) mass is 168 g/mol. The maximum absolute atomic E-state index is 10.8. The van der Waals surface area contributed by atoms with Gasteiger partial charge < -0.3 is 5.11 Å². The number of hydrogen-bond acceptors (Lipinski definition) is 1. The van der Waals surface area contributed by atoms with Gasteiger partial charge in [0.05, 0.1) is 5.92 Å². The normalized spacial score (nSPS) is 35.9. The van der Waals surface area contributed by atoms with Crippen LogP contribution in [0.25, 0.3) is 0 Å². The molecular formula is C10H16O2. The van der Waals surface area contributed by atoms with E-state index in [0.717, 1.165) is 19.3 Å². The Labute approximate surface area is 73.3 Å². The molecule has 1 saturated carbocycles. The van der Waals surface area contributed by atoms with Crippen molar-refractivity contribution in [1.82, 2.24) is 0 Å². The third kappa shape index (κ3) is 1.87. The third-order valence-electron chi connectivity index (χ3n) is 2.79. The van der Waals surface area contributed by atoms with Crippen molar-refractivity contribution in [3.63, 3.8) is 0 Å². The zero-order chi connectivity index (χ0) is 9.14. The highest BCUT2D eigenvalue weighted by Gasteiger charge is 2.31. The molecule has 1 fully saturated rings. The van der Waals surface area contributed by atoms with Crippen molar-refractivity contribution in [3.8, 4) is 0 Å². The topological polar surface area (TPSA) is 37.3 Å². The van der Waals surface area contributed by atoms with Crippen LogP contribution in [0.15, 0.2) is 12.7 Å². The molecule has 1 aliphatic rings. The second-order valence-electron chi connectivity index (χ2n) is 3.76. The molecule has 2 nitrogen and oxygen atoms in total. The highest BCUT2D eigenvalue weighted by atomic mass is 16.4. The van der Waals surface area contributed by atoms with Crippen LogP contribution < -0.4 is 0 Å². The summed E-state index contributed by atoms with van der Waals surface area (Å²) in [4.78, 5) is 10.8. The Hall–Kier alpha value is -0.790. The number of aliphatic carboxylic acids is 1. The summed E-state index contributed by atoms with van der Waals surface area (Å²) in [5.41, 5.74) is 0. The van der Waals surface area contributed by atoms with Gasteiger partial charge in [-0.3, -0.25) is 4.79 Å². The first-order chi connectivity index (χ1) is 5.65. The number of carboxylic acid groups (broad SMARTS) is 1. The minimum Gasteiger partial charge on any atom is -0.481 e. The first kappa shape index (κ1) is 9.30. The predicted molar refractivity (Wildman–Crippen MR) is 47.8 cm³/mol. The summed E-state index contributed by atoms with van der Waals surface area (Å²) in [5.74, 6) is -0.0984. The van der Waals surface area contributed by atoms with Gasteiger partial charge in [0.15, 0.2) is 0 Å². The maximum atomic E-state index is 10.8. The highest BCUT2D eigenvalue weighted by molar-refractivity contribution is 5.70. The smallest absolute Gasteiger partial charge is 0.307 e. The van der Waals surface area contributed by atoms with E-state index < -0.39 is 5.97 Å². The fourth-order valence-electron chi connectivity index (χ4n) is 1.97. The van der Waals surface area contributed by atoms with Crippen LogP contribution in [0.3, 0.4) is 0 Å². The number of carboxylic acids is 1. The summed E-state index contributed by atoms with van der Waals surface area (Å²) in [6.45, 7) is 5.80. The Balaban J connectivity index is 2.63. The Morgan fingerprint density at radius 2 is 2.25 bits per heavy atom. The van der Waals surface area contributed by atoms with Crippen molar-refractivity contribution in [2.75, 3.05) is 0 Å². The fraction of sp³-hybridized carbons (Fsp3) is 0.700. The molecule has 0 bridgehead atoms. The van der Waals surface area contributed by atoms with Gasteiger partial charge in [0.25, 0.3) is 0 Å². The molecule has 0 radical (unpaired) electrons. The zero-order valence-corrected chi connectivity index (χ0v) is 7.49. The lowest BCUT2D eigenvalue weighted by Crippen LogP contribution is -2.28. The number of hydrogen-bond donors (Lipinski definition) is 1. The minimum absolute atomic E-state index is 0.189. The number of rotatable bonds is 2. The van der Waals surface area contributed by atoms with Crippen molar-refractivity contribution in [2.24, 2.45) is 17.8 Å². The van der Waals surface area contributed by atoms with Gasteiger partial charge >= 0.3 is 5.97 Å². The molecule has 0 aromatic carbocycles. The van der Waals surface area contributed by atoms with Gasteiger partial charge in [-0.05, 0) is 24.7 Å². The van der Waals surface area contributed by atoms with E-state index in [1.807, 2.05) is 0 Å². The van der Waals surface area contributed by atoms with Crippen LogP contribution in [-0.2, 0) is 4.79 Å². The average Bonchev–Trinajstić information content (AvgIpc) is 2.04. The van der Waals surface area contributed by atoms with Crippen LogP contribution in [0.1, 0.15) is 26.2 Å². The van der Waals surface area contributed by atoms with E-state index in [4.69, 9.17) is 5.11 Å². The summed E-state index contributed by atoms with van der Waals surface area (Å²) < 4.78 is 0. The van der Waals surface area contributed by atoms with E-state index in [2.05, 4.69) is 13.5 Å². The van der Waals surface area contributed by atoms with Crippen molar-refractivity contribution < 1.29 is 9.90 Å². The van der Waals surface area contributed by atoms with Crippen molar-refractivity contribution in [3.05, 3.63) is 12.7 Å². The molecule has 0 aliphatic heterocycles. The third-order valence-corrected chi connectivity index (χ3v) is 2.79. The van der Waals surface area contributed by atoms with Crippen LogP contribution in [0.4, 0.5) is 0 Å². The van der Waals surface area contributed by atoms with E-state index in [1.54, 1.807) is 6.08 Å². The molecule has 0 aromatic rings. The van der Waals surface area contributed by atoms with Crippen LogP contribution in [0.5, 0.6) is 0 Å². The molecule has 1 N–H and O–H groups in total. The Bertz CT molecular complexity index is 186. The Morgan fingerprint density at radius 3 is 2.75 bits per heavy atom. The lowest BCUT2D eigenvalue weighted by molar-refractivity contribution is -0.144. The van der Waals surface area contributed by atoms with E-state index >= 15 is 0 Å². The molecule has 12 heavy (non-hydrogen) atoms. The SMILES string of the molecule is C=CC1CCC(C)CC1C(=O)O. The Kier molecular flexibility index (Phi) is 2.90. The van der Waals surface area contributed by atoms with Gasteiger partial charge in [0.2, 0.25) is 0 Å². The molecular weight excluding hydrogens is 152 g/mol. The Morgan fingerprint density at radius 1 is 1.58 bits per heavy atom. The average molecular weight is 168 g/mol. The molecule has 1 aliphatic carbocycles. The number of allylic oxidation sites excluding steroid dienone is 1. The first-order valence-corrected chi connectivity index (χ1v) is 4.50. The van der Waals surface area contributed by atoms with E-state index in [0.29, 0.717) is 5.92 Å². The molecule has 3 unspecified atom stereocenters. The summed E-state index contributed by atoms with van der Waals surface area (Å²) in [6, 6.07) is 0. The van der Waals surface area contributed by atoms with E-state index in [1.165, 1.54) is 0 Å². The van der Waals surface area contributed by atoms with Gasteiger partial charge in [-0.15, -0.1) is 6.58 Å². The summed E-state index contributed by atoms with van der Waals surface area (Å²) in [5, 5.41) is 8.91. The van der Waals surface area contributed by atoms with Gasteiger partial charge in [0, 0.05) is 0 Å². The second-order valence-corrected chi connectivity index (χ2v) is 3.76.